The van der Waals surface area contributed by atoms with Gasteiger partial charge in [0, 0.05) is 7.11 Å². The molecule has 0 heterocycles. The third kappa shape index (κ3) is 18.0. The van der Waals surface area contributed by atoms with Crippen LogP contribution in [0.4, 0.5) is 0 Å². The average molecular weight is 136 g/mol. The van der Waals surface area contributed by atoms with Crippen molar-refractivity contribution in [3.05, 3.63) is 0 Å². The predicted octanol–water partition coefficient (Wildman–Crippen LogP) is 3.34. The van der Waals surface area contributed by atoms with Crippen LogP contribution in [0.25, 0.3) is 0 Å². The van der Waals surface area contributed by atoms with Gasteiger partial charge in [-0.2, -0.15) is 0 Å². The lowest BCUT2D eigenvalue weighted by Crippen LogP contribution is -2.00. The van der Waals surface area contributed by atoms with Gasteiger partial charge < -0.3 is 4.74 Å². The van der Waals surface area contributed by atoms with Gasteiger partial charge in [-0.3, -0.25) is 0 Å². The van der Waals surface area contributed by atoms with Gasteiger partial charge in [0.25, 0.3) is 0 Å². The first-order valence-corrected chi connectivity index (χ1v) is 2.34. The fraction of sp³-hybridized carbons (Fsp3) is 1.00. The maximum absolute atomic E-state index is 4.90. The Morgan fingerprint density at radius 1 is 1.22 bits per heavy atom. The highest BCUT2D eigenvalue weighted by atomic mass is 16.5. The van der Waals surface area contributed by atoms with E-state index >= 15 is 0 Å². The Bertz CT molecular complexity index is 23.7. The molecule has 0 aliphatic rings. The van der Waals surface area contributed by atoms with Crippen LogP contribution in [-0.4, -0.2) is 13.2 Å². The molecule has 0 aromatic rings. The minimum absolute atomic E-state index is 0. The van der Waals surface area contributed by atoms with Crippen molar-refractivity contribution < 1.29 is 4.74 Å². The Hall–Kier alpha value is -0.0400. The quantitative estimate of drug-likeness (QED) is 0.565. The maximum atomic E-state index is 4.90. The molecule has 62 valence electrons. The van der Waals surface area contributed by atoms with Crippen molar-refractivity contribution >= 4 is 0 Å². The van der Waals surface area contributed by atoms with E-state index in [2.05, 4.69) is 13.8 Å². The highest BCUT2D eigenvalue weighted by Crippen LogP contribution is 1.89. The van der Waals surface area contributed by atoms with E-state index in [-0.39, 0.29) is 22.3 Å². The summed E-state index contributed by atoms with van der Waals surface area (Å²) in [5, 5.41) is 0. The van der Waals surface area contributed by atoms with Gasteiger partial charge in [0.2, 0.25) is 0 Å². The lowest BCUT2D eigenvalue weighted by atomic mass is 10.3. The molecule has 0 saturated heterocycles. The van der Waals surface area contributed by atoms with Crippen LogP contribution in [0.3, 0.4) is 0 Å². The van der Waals surface area contributed by atoms with Crippen molar-refractivity contribution in [3.8, 4) is 0 Å². The molecular formula is C8H24O. The standard InChI is InChI=1S/C5H12O.3CH4/c1-4-5(2)6-3;;;/h5H,4H2,1-3H3;3*1H4. The minimum atomic E-state index is 0. The molecule has 0 aromatic carbocycles. The third-order valence-electron chi connectivity index (χ3n) is 0.977. The predicted molar refractivity (Wildman–Crippen MR) is 47.0 cm³/mol. The SMILES string of the molecule is C.C.C.CCC(C)OC. The van der Waals surface area contributed by atoms with E-state index in [1.54, 1.807) is 7.11 Å². The van der Waals surface area contributed by atoms with Crippen molar-refractivity contribution in [3.63, 3.8) is 0 Å². The zero-order chi connectivity index (χ0) is 4.99. The zero-order valence-corrected chi connectivity index (χ0v) is 4.69. The molecule has 1 heteroatoms. The van der Waals surface area contributed by atoms with Crippen molar-refractivity contribution in [2.45, 2.75) is 48.7 Å². The Kier molecular flexibility index (Phi) is 40.2. The summed E-state index contributed by atoms with van der Waals surface area (Å²) in [7, 11) is 1.73. The molecule has 0 bridgehead atoms. The van der Waals surface area contributed by atoms with Gasteiger partial charge in [-0.1, -0.05) is 29.2 Å². The van der Waals surface area contributed by atoms with Gasteiger partial charge in [0.1, 0.15) is 0 Å². The van der Waals surface area contributed by atoms with Gasteiger partial charge in [-0.25, -0.2) is 0 Å². The Labute approximate surface area is 61.4 Å². The third-order valence-corrected chi connectivity index (χ3v) is 0.977. The van der Waals surface area contributed by atoms with Crippen LogP contribution in [0.2, 0.25) is 0 Å². The molecule has 0 saturated carbocycles. The van der Waals surface area contributed by atoms with Gasteiger partial charge >= 0.3 is 0 Å². The zero-order valence-electron chi connectivity index (χ0n) is 4.69. The largest absolute Gasteiger partial charge is 0.382 e. The van der Waals surface area contributed by atoms with Gasteiger partial charge in [0.15, 0.2) is 0 Å². The van der Waals surface area contributed by atoms with Gasteiger partial charge in [-0.15, -0.1) is 0 Å². The van der Waals surface area contributed by atoms with Crippen LogP contribution in [0.1, 0.15) is 42.5 Å². The molecule has 0 fully saturated rings. The Morgan fingerprint density at radius 3 is 1.56 bits per heavy atom. The number of ether oxygens (including phenoxy) is 1. The monoisotopic (exact) mass is 136 g/mol. The molecule has 0 amide bonds. The first-order valence-electron chi connectivity index (χ1n) is 2.34. The van der Waals surface area contributed by atoms with Crippen LogP contribution in [0, 0.1) is 0 Å². The van der Waals surface area contributed by atoms with Crippen molar-refractivity contribution in [2.24, 2.45) is 0 Å². The first-order chi connectivity index (χ1) is 2.81. The molecule has 0 N–H and O–H groups in total. The molecule has 1 atom stereocenters. The highest BCUT2D eigenvalue weighted by molar-refractivity contribution is 4.38. The Morgan fingerprint density at radius 2 is 1.56 bits per heavy atom. The van der Waals surface area contributed by atoms with Crippen molar-refractivity contribution in [1.29, 1.82) is 0 Å². The van der Waals surface area contributed by atoms with Crippen LogP contribution in [-0.2, 0) is 4.74 Å². The summed E-state index contributed by atoms with van der Waals surface area (Å²) in [4.78, 5) is 0. The molecule has 0 rings (SSSR count). The van der Waals surface area contributed by atoms with Crippen LogP contribution in [0.15, 0.2) is 0 Å². The second-order valence-corrected chi connectivity index (χ2v) is 1.45. The number of hydrogen-bond donors (Lipinski definition) is 0. The number of methoxy groups -OCH3 is 1. The van der Waals surface area contributed by atoms with E-state index in [1.165, 1.54) is 0 Å². The molecular weight excluding hydrogens is 112 g/mol. The summed E-state index contributed by atoms with van der Waals surface area (Å²) in [5.41, 5.74) is 0. The highest BCUT2D eigenvalue weighted by Gasteiger charge is 1.88. The van der Waals surface area contributed by atoms with Crippen LogP contribution in [0.5, 0.6) is 0 Å². The summed E-state index contributed by atoms with van der Waals surface area (Å²) >= 11 is 0. The van der Waals surface area contributed by atoms with Crippen LogP contribution < -0.4 is 0 Å². The average Bonchev–Trinajstić information content (AvgIpc) is 1.65. The van der Waals surface area contributed by atoms with Crippen molar-refractivity contribution in [2.75, 3.05) is 7.11 Å². The number of rotatable bonds is 2. The maximum Gasteiger partial charge on any atom is 0.0540 e. The molecule has 0 aliphatic heterocycles. The molecule has 0 radical (unpaired) electrons. The summed E-state index contributed by atoms with van der Waals surface area (Å²) < 4.78 is 4.90. The van der Waals surface area contributed by atoms with E-state index in [9.17, 15) is 0 Å². The molecule has 0 aliphatic carbocycles. The lowest BCUT2D eigenvalue weighted by Gasteiger charge is -2.01. The molecule has 9 heavy (non-hydrogen) atoms. The lowest BCUT2D eigenvalue weighted by molar-refractivity contribution is 0.115. The summed E-state index contributed by atoms with van der Waals surface area (Å²) in [6.45, 7) is 4.16. The van der Waals surface area contributed by atoms with Gasteiger partial charge in [-0.05, 0) is 13.3 Å². The van der Waals surface area contributed by atoms with Crippen LogP contribution >= 0.6 is 0 Å². The summed E-state index contributed by atoms with van der Waals surface area (Å²) in [5.74, 6) is 0. The normalized spacial score (nSPS) is 9.67. The smallest absolute Gasteiger partial charge is 0.0540 e. The van der Waals surface area contributed by atoms with E-state index in [1.807, 2.05) is 0 Å². The fourth-order valence-electron chi connectivity index (χ4n) is 0.167. The second-order valence-electron chi connectivity index (χ2n) is 1.45. The van der Waals surface area contributed by atoms with E-state index in [4.69, 9.17) is 4.74 Å². The van der Waals surface area contributed by atoms with E-state index in [0.717, 1.165) is 6.42 Å². The summed E-state index contributed by atoms with van der Waals surface area (Å²) in [6.07, 6.45) is 1.54. The topological polar surface area (TPSA) is 9.23 Å². The summed E-state index contributed by atoms with van der Waals surface area (Å²) in [6, 6.07) is 0. The van der Waals surface area contributed by atoms with E-state index < -0.39 is 0 Å². The number of hydrogen-bond acceptors (Lipinski definition) is 1. The van der Waals surface area contributed by atoms with Crippen molar-refractivity contribution in [1.82, 2.24) is 0 Å². The second kappa shape index (κ2) is 15.7. The fourth-order valence-corrected chi connectivity index (χ4v) is 0.167. The molecule has 1 unspecified atom stereocenters. The molecule has 0 aromatic heterocycles. The Balaban J connectivity index is -0.0000000417. The molecule has 1 nitrogen and oxygen atoms in total. The van der Waals surface area contributed by atoms with E-state index in [0.29, 0.717) is 6.10 Å². The first kappa shape index (κ1) is 23.1. The van der Waals surface area contributed by atoms with Gasteiger partial charge in [0.05, 0.1) is 6.10 Å². The minimum Gasteiger partial charge on any atom is -0.382 e. The molecule has 0 spiro atoms.